The van der Waals surface area contributed by atoms with Gasteiger partial charge in [0.15, 0.2) is 0 Å². The van der Waals surface area contributed by atoms with Gasteiger partial charge in [0.05, 0.1) is 16.7 Å². The van der Waals surface area contributed by atoms with E-state index in [1.54, 1.807) is 43.1 Å². The van der Waals surface area contributed by atoms with Gasteiger partial charge in [-0.25, -0.2) is 4.39 Å². The summed E-state index contributed by atoms with van der Waals surface area (Å²) >= 11 is 12.7. The number of likely N-dealkylation sites (tertiary alicyclic amines) is 1. The molecule has 2 N–H and O–H groups in total. The molecule has 0 radical (unpaired) electrons. The SMILES string of the molecule is CN1C(=O)[C@@]2(c3ccc(Cl)cc31)[C@@H](c1cccc(Cl)c1F)[C@H](C(=O)N[C@H]1C[C@@](C)(O)C1)N(C)C21CCCCC1. The Morgan fingerprint density at radius 1 is 1.10 bits per heavy atom. The normalized spacial score (nSPS) is 33.5. The topological polar surface area (TPSA) is 72.9 Å². The van der Waals surface area contributed by atoms with Crippen LogP contribution in [-0.2, 0) is 15.0 Å². The Labute approximate surface area is 238 Å². The summed E-state index contributed by atoms with van der Waals surface area (Å²) in [7, 11) is 3.65. The zero-order valence-electron chi connectivity index (χ0n) is 22.4. The van der Waals surface area contributed by atoms with Crippen molar-refractivity contribution in [3.8, 4) is 0 Å². The molecule has 2 spiro atoms. The molecule has 0 aromatic heterocycles. The second-order valence-corrected chi connectivity index (χ2v) is 13.1. The van der Waals surface area contributed by atoms with Gasteiger partial charge in [-0.3, -0.25) is 14.5 Å². The Balaban J connectivity index is 1.61. The number of fused-ring (bicyclic) bond motifs is 3. The molecular weight excluding hydrogens is 540 g/mol. The van der Waals surface area contributed by atoms with Gasteiger partial charge in [-0.2, -0.15) is 0 Å². The first-order valence-corrected chi connectivity index (χ1v) is 14.5. The smallest absolute Gasteiger partial charge is 0.240 e. The molecule has 1 saturated heterocycles. The predicted molar refractivity (Wildman–Crippen MR) is 150 cm³/mol. The number of hydrogen-bond donors (Lipinski definition) is 2. The molecular formula is C30H34Cl2FN3O3. The zero-order chi connectivity index (χ0) is 27.9. The van der Waals surface area contributed by atoms with E-state index in [4.69, 9.17) is 23.2 Å². The summed E-state index contributed by atoms with van der Waals surface area (Å²) in [4.78, 5) is 32.7. The summed E-state index contributed by atoms with van der Waals surface area (Å²) in [5.74, 6) is -1.86. The quantitative estimate of drug-likeness (QED) is 0.531. The van der Waals surface area contributed by atoms with Crippen LogP contribution in [0.4, 0.5) is 10.1 Å². The zero-order valence-corrected chi connectivity index (χ0v) is 23.9. The number of carbonyl (C=O) groups is 2. The molecule has 2 aromatic rings. The first-order chi connectivity index (χ1) is 18.4. The van der Waals surface area contributed by atoms with Gasteiger partial charge in [0, 0.05) is 35.3 Å². The third kappa shape index (κ3) is 3.66. The van der Waals surface area contributed by atoms with Gasteiger partial charge in [-0.05, 0) is 69.0 Å². The molecule has 39 heavy (non-hydrogen) atoms. The second kappa shape index (κ2) is 9.16. The van der Waals surface area contributed by atoms with Gasteiger partial charge in [-0.15, -0.1) is 0 Å². The van der Waals surface area contributed by atoms with E-state index < -0.39 is 34.3 Å². The minimum atomic E-state index is -1.23. The highest BCUT2D eigenvalue weighted by Gasteiger charge is 2.75. The summed E-state index contributed by atoms with van der Waals surface area (Å²) in [5.41, 5.74) is -1.03. The van der Waals surface area contributed by atoms with Crippen LogP contribution in [0.1, 0.15) is 68.9 Å². The molecule has 4 aliphatic rings. The number of halogens is 3. The highest BCUT2D eigenvalue weighted by Crippen LogP contribution is 2.67. The molecule has 2 saturated carbocycles. The number of hydrogen-bond acceptors (Lipinski definition) is 4. The summed E-state index contributed by atoms with van der Waals surface area (Å²) in [5, 5.41) is 13.9. The van der Waals surface area contributed by atoms with Gasteiger partial charge < -0.3 is 15.3 Å². The Hall–Kier alpha value is -2.19. The van der Waals surface area contributed by atoms with Crippen molar-refractivity contribution in [1.29, 1.82) is 0 Å². The van der Waals surface area contributed by atoms with Crippen molar-refractivity contribution in [2.45, 2.75) is 86.4 Å². The van der Waals surface area contributed by atoms with E-state index in [0.717, 1.165) is 24.8 Å². The number of nitrogens with one attached hydrogen (secondary N) is 1. The predicted octanol–water partition coefficient (Wildman–Crippen LogP) is 5.18. The molecule has 2 aliphatic carbocycles. The molecule has 6 rings (SSSR count). The highest BCUT2D eigenvalue weighted by atomic mass is 35.5. The molecule has 0 unspecified atom stereocenters. The first kappa shape index (κ1) is 27.0. The number of nitrogens with zero attached hydrogens (tertiary/aromatic N) is 2. The molecule has 3 atom stereocenters. The monoisotopic (exact) mass is 573 g/mol. The van der Waals surface area contributed by atoms with E-state index in [1.807, 2.05) is 13.1 Å². The standard InChI is InChI=1S/C30H34Cl2FN3O3/c1-28(39)15-18(16-28)34-26(37)25-23(19-8-7-9-21(32)24(19)33)30(29(36(25)3)12-5-4-6-13-29)20-11-10-17(31)14-22(20)35(2)27(30)38/h7-11,14,18,23,25,39H,4-6,12-13,15-16H2,1-3H3,(H,34,37)/t18-,23-,25+,28+,30+/m0/s1. The van der Waals surface area contributed by atoms with Crippen molar-refractivity contribution >= 4 is 40.7 Å². The van der Waals surface area contributed by atoms with Crippen LogP contribution in [0.15, 0.2) is 36.4 Å². The highest BCUT2D eigenvalue weighted by molar-refractivity contribution is 6.31. The largest absolute Gasteiger partial charge is 0.390 e. The van der Waals surface area contributed by atoms with E-state index >= 15 is 4.39 Å². The van der Waals surface area contributed by atoms with Crippen LogP contribution in [-0.4, -0.2) is 59.1 Å². The Kier molecular flexibility index (Phi) is 6.35. The average molecular weight is 575 g/mol. The lowest BCUT2D eigenvalue weighted by atomic mass is 9.55. The van der Waals surface area contributed by atoms with Crippen LogP contribution in [0.3, 0.4) is 0 Å². The van der Waals surface area contributed by atoms with Crippen LogP contribution >= 0.6 is 23.2 Å². The Morgan fingerprint density at radius 2 is 1.79 bits per heavy atom. The van der Waals surface area contributed by atoms with Crippen molar-refractivity contribution < 1.29 is 19.1 Å². The van der Waals surface area contributed by atoms with Gasteiger partial charge in [0.25, 0.3) is 0 Å². The Morgan fingerprint density at radius 3 is 2.46 bits per heavy atom. The molecule has 0 bridgehead atoms. The number of rotatable bonds is 3. The Bertz CT molecular complexity index is 1350. The fraction of sp³-hybridized carbons (Fsp3) is 0.533. The van der Waals surface area contributed by atoms with Gasteiger partial charge in [0.1, 0.15) is 11.2 Å². The second-order valence-electron chi connectivity index (χ2n) is 12.2. The number of carbonyl (C=O) groups excluding carboxylic acids is 2. The molecule has 2 aliphatic heterocycles. The maximum Gasteiger partial charge on any atom is 0.240 e. The van der Waals surface area contributed by atoms with Gasteiger partial charge in [0.2, 0.25) is 11.8 Å². The molecule has 208 valence electrons. The van der Waals surface area contributed by atoms with E-state index in [9.17, 15) is 14.7 Å². The summed E-state index contributed by atoms with van der Waals surface area (Å²) < 4.78 is 16.1. The van der Waals surface area contributed by atoms with Crippen molar-refractivity contribution in [1.82, 2.24) is 10.2 Å². The van der Waals surface area contributed by atoms with E-state index in [1.165, 1.54) is 6.07 Å². The van der Waals surface area contributed by atoms with E-state index in [0.29, 0.717) is 36.4 Å². The lowest BCUT2D eigenvalue weighted by Gasteiger charge is -2.50. The van der Waals surface area contributed by atoms with Crippen LogP contribution < -0.4 is 10.2 Å². The third-order valence-corrected chi connectivity index (χ3v) is 10.5. The number of amides is 2. The van der Waals surface area contributed by atoms with E-state index in [-0.39, 0.29) is 28.4 Å². The molecule has 2 aromatic carbocycles. The van der Waals surface area contributed by atoms with Crippen LogP contribution in [0.25, 0.3) is 0 Å². The summed E-state index contributed by atoms with van der Waals surface area (Å²) in [6.07, 6.45) is 5.13. The average Bonchev–Trinajstić information content (AvgIpc) is 3.22. The number of benzene rings is 2. The molecule has 9 heteroatoms. The van der Waals surface area contributed by atoms with E-state index in [2.05, 4.69) is 10.2 Å². The fourth-order valence-electron chi connectivity index (χ4n) is 8.41. The molecule has 2 amide bonds. The van der Waals surface area contributed by atoms with Gasteiger partial charge in [-0.1, -0.05) is 60.7 Å². The fourth-order valence-corrected chi connectivity index (χ4v) is 8.76. The van der Waals surface area contributed by atoms with Crippen molar-refractivity contribution in [3.05, 3.63) is 63.4 Å². The molecule has 3 fully saturated rings. The first-order valence-electron chi connectivity index (χ1n) is 13.7. The summed E-state index contributed by atoms with van der Waals surface area (Å²) in [6, 6.07) is 9.28. The summed E-state index contributed by atoms with van der Waals surface area (Å²) in [6.45, 7) is 1.75. The molecule has 6 nitrogen and oxygen atoms in total. The van der Waals surface area contributed by atoms with Crippen molar-refractivity contribution in [2.75, 3.05) is 19.0 Å². The number of aliphatic hydroxyl groups is 1. The van der Waals surface area contributed by atoms with Crippen LogP contribution in [0.5, 0.6) is 0 Å². The van der Waals surface area contributed by atoms with Crippen molar-refractivity contribution in [2.24, 2.45) is 0 Å². The minimum Gasteiger partial charge on any atom is -0.390 e. The van der Waals surface area contributed by atoms with Crippen LogP contribution in [0, 0.1) is 5.82 Å². The number of likely N-dealkylation sites (N-methyl/N-ethyl adjacent to an activating group) is 2. The minimum absolute atomic E-state index is 0.0424. The molecule has 2 heterocycles. The van der Waals surface area contributed by atoms with Crippen LogP contribution in [0.2, 0.25) is 10.0 Å². The maximum absolute atomic E-state index is 16.1. The van der Waals surface area contributed by atoms with Gasteiger partial charge >= 0.3 is 0 Å². The lowest BCUT2D eigenvalue weighted by molar-refractivity contribution is -0.131. The number of anilines is 1. The maximum atomic E-state index is 16.1. The van der Waals surface area contributed by atoms with Crippen molar-refractivity contribution in [3.63, 3.8) is 0 Å². The third-order valence-electron chi connectivity index (χ3n) is 9.98. The lowest BCUT2D eigenvalue weighted by Crippen LogP contribution is -2.61.